The van der Waals surface area contributed by atoms with Gasteiger partial charge in [-0.25, -0.2) is 0 Å². The number of benzene rings is 2. The molecule has 36 heavy (non-hydrogen) atoms. The van der Waals surface area contributed by atoms with E-state index in [0.717, 1.165) is 31.2 Å². The van der Waals surface area contributed by atoms with E-state index in [9.17, 15) is 14.4 Å². The zero-order chi connectivity index (χ0) is 25.5. The van der Waals surface area contributed by atoms with Gasteiger partial charge in [0.1, 0.15) is 11.8 Å². The predicted molar refractivity (Wildman–Crippen MR) is 136 cm³/mol. The van der Waals surface area contributed by atoms with E-state index in [0.29, 0.717) is 17.0 Å². The monoisotopic (exact) mass is 489 g/mol. The molecule has 0 spiro atoms. The van der Waals surface area contributed by atoms with Crippen molar-refractivity contribution < 1.29 is 23.5 Å². The van der Waals surface area contributed by atoms with Crippen LogP contribution in [-0.4, -0.2) is 37.4 Å². The van der Waals surface area contributed by atoms with Crippen molar-refractivity contribution in [3.63, 3.8) is 0 Å². The minimum absolute atomic E-state index is 0.0677. The Balaban J connectivity index is 1.71. The van der Waals surface area contributed by atoms with Crippen LogP contribution >= 0.6 is 0 Å². The number of rotatable bonds is 9. The molecule has 2 aromatic carbocycles. The van der Waals surface area contributed by atoms with Crippen LogP contribution in [0.1, 0.15) is 53.4 Å². The number of furan rings is 1. The van der Waals surface area contributed by atoms with Gasteiger partial charge in [0.05, 0.1) is 19.9 Å². The van der Waals surface area contributed by atoms with Gasteiger partial charge in [-0.05, 0) is 61.2 Å². The SMILES string of the molecule is COc1cccc([C@H](C(=O)NC2CCCC2)N(C(=O)CNC(=O)c2ccco2)c2ccccc2C)c1. The Bertz CT molecular complexity index is 1200. The fourth-order valence-electron chi connectivity index (χ4n) is 4.57. The van der Waals surface area contributed by atoms with Gasteiger partial charge >= 0.3 is 0 Å². The molecule has 1 aliphatic carbocycles. The van der Waals surface area contributed by atoms with Crippen molar-refractivity contribution in [2.24, 2.45) is 0 Å². The number of para-hydroxylation sites is 1. The van der Waals surface area contributed by atoms with E-state index in [2.05, 4.69) is 10.6 Å². The predicted octanol–water partition coefficient (Wildman–Crippen LogP) is 4.16. The number of amides is 3. The molecule has 0 unspecified atom stereocenters. The van der Waals surface area contributed by atoms with Crippen LogP contribution in [0.4, 0.5) is 5.69 Å². The molecule has 0 aliphatic heterocycles. The highest BCUT2D eigenvalue weighted by Crippen LogP contribution is 2.32. The van der Waals surface area contributed by atoms with Crippen molar-refractivity contribution in [3.8, 4) is 5.75 Å². The molecule has 0 radical (unpaired) electrons. The lowest BCUT2D eigenvalue weighted by molar-refractivity contribution is -0.126. The number of nitrogens with zero attached hydrogens (tertiary/aromatic N) is 1. The quantitative estimate of drug-likeness (QED) is 0.470. The van der Waals surface area contributed by atoms with Gasteiger partial charge in [0.25, 0.3) is 5.91 Å². The third-order valence-corrected chi connectivity index (χ3v) is 6.41. The van der Waals surface area contributed by atoms with Crippen molar-refractivity contribution in [2.75, 3.05) is 18.6 Å². The first-order valence-corrected chi connectivity index (χ1v) is 12.1. The fraction of sp³-hybridized carbons (Fsp3) is 0.321. The molecule has 2 N–H and O–H groups in total. The van der Waals surface area contributed by atoms with E-state index < -0.39 is 17.9 Å². The molecule has 1 atom stereocenters. The largest absolute Gasteiger partial charge is 0.497 e. The average Bonchev–Trinajstić information content (AvgIpc) is 3.61. The van der Waals surface area contributed by atoms with Crippen LogP contribution in [0.5, 0.6) is 5.75 Å². The maximum atomic E-state index is 13.8. The third-order valence-electron chi connectivity index (χ3n) is 6.41. The number of nitrogens with one attached hydrogen (secondary N) is 2. The molecule has 4 rings (SSSR count). The highest BCUT2D eigenvalue weighted by Gasteiger charge is 2.35. The molecular formula is C28H31N3O5. The number of carbonyl (C=O) groups is 3. The van der Waals surface area contributed by atoms with E-state index in [-0.39, 0.29) is 24.3 Å². The molecule has 8 nitrogen and oxygen atoms in total. The van der Waals surface area contributed by atoms with E-state index in [1.807, 2.05) is 25.1 Å². The van der Waals surface area contributed by atoms with Crippen molar-refractivity contribution in [1.29, 1.82) is 0 Å². The summed E-state index contributed by atoms with van der Waals surface area (Å²) in [6, 6.07) is 16.8. The topological polar surface area (TPSA) is 101 Å². The number of methoxy groups -OCH3 is 1. The van der Waals surface area contributed by atoms with Gasteiger partial charge < -0.3 is 19.8 Å². The van der Waals surface area contributed by atoms with E-state index in [4.69, 9.17) is 9.15 Å². The molecule has 3 aromatic rings. The van der Waals surface area contributed by atoms with Crippen molar-refractivity contribution in [3.05, 3.63) is 83.8 Å². The lowest BCUT2D eigenvalue weighted by atomic mass is 10.0. The van der Waals surface area contributed by atoms with Gasteiger partial charge in [0.2, 0.25) is 11.8 Å². The zero-order valence-electron chi connectivity index (χ0n) is 20.5. The Morgan fingerprint density at radius 1 is 1.06 bits per heavy atom. The molecule has 1 fully saturated rings. The standard InChI is InChI=1S/C28H31N3O5/c1-19-9-3-6-14-23(19)31(25(32)18-29-27(33)24-15-8-16-36-24)26(20-10-7-13-22(17-20)35-2)28(34)30-21-11-4-5-12-21/h3,6-10,13-17,21,26H,4-5,11-12,18H2,1-2H3,(H,29,33)(H,30,34)/t26-/m1/s1. The minimum atomic E-state index is -0.963. The highest BCUT2D eigenvalue weighted by molar-refractivity contribution is 6.04. The van der Waals surface area contributed by atoms with Crippen molar-refractivity contribution >= 4 is 23.4 Å². The summed E-state index contributed by atoms with van der Waals surface area (Å²) in [5, 5.41) is 5.77. The van der Waals surface area contributed by atoms with Crippen molar-refractivity contribution in [1.82, 2.24) is 10.6 Å². The average molecular weight is 490 g/mol. The number of hydrogen-bond acceptors (Lipinski definition) is 5. The first-order chi connectivity index (χ1) is 17.5. The number of hydrogen-bond donors (Lipinski definition) is 2. The molecule has 1 aliphatic rings. The summed E-state index contributed by atoms with van der Waals surface area (Å²) in [5.41, 5.74) is 2.02. The van der Waals surface area contributed by atoms with Crippen LogP contribution in [0.2, 0.25) is 0 Å². The van der Waals surface area contributed by atoms with E-state index in [1.165, 1.54) is 17.2 Å². The molecule has 1 saturated carbocycles. The molecule has 188 valence electrons. The summed E-state index contributed by atoms with van der Waals surface area (Å²) >= 11 is 0. The van der Waals surface area contributed by atoms with Crippen LogP contribution in [0, 0.1) is 6.92 Å². The Hall–Kier alpha value is -4.07. The second kappa shape index (κ2) is 11.6. The van der Waals surface area contributed by atoms with Crippen LogP contribution < -0.4 is 20.3 Å². The summed E-state index contributed by atoms with van der Waals surface area (Å²) in [7, 11) is 1.56. The Kier molecular flexibility index (Phi) is 8.05. The van der Waals surface area contributed by atoms with Crippen LogP contribution in [0.25, 0.3) is 0 Å². The Labute approximate surface area is 210 Å². The van der Waals surface area contributed by atoms with Gasteiger partial charge in [-0.15, -0.1) is 0 Å². The number of ether oxygens (including phenoxy) is 1. The first kappa shape index (κ1) is 25.0. The van der Waals surface area contributed by atoms with Gasteiger partial charge in [-0.2, -0.15) is 0 Å². The Morgan fingerprint density at radius 3 is 2.53 bits per heavy atom. The fourth-order valence-corrected chi connectivity index (χ4v) is 4.57. The normalized spacial score (nSPS) is 14.2. The van der Waals surface area contributed by atoms with Gasteiger partial charge in [0.15, 0.2) is 5.76 Å². The zero-order valence-corrected chi connectivity index (χ0v) is 20.5. The highest BCUT2D eigenvalue weighted by atomic mass is 16.5. The van der Waals surface area contributed by atoms with Gasteiger partial charge in [-0.1, -0.05) is 43.2 Å². The van der Waals surface area contributed by atoms with E-state index in [1.54, 1.807) is 43.5 Å². The number of aryl methyl sites for hydroxylation is 1. The summed E-state index contributed by atoms with van der Waals surface area (Å²) in [6.45, 7) is 1.57. The smallest absolute Gasteiger partial charge is 0.287 e. The van der Waals surface area contributed by atoms with Crippen molar-refractivity contribution in [2.45, 2.75) is 44.7 Å². The Morgan fingerprint density at radius 2 is 1.83 bits per heavy atom. The summed E-state index contributed by atoms with van der Waals surface area (Å²) in [5.74, 6) is -0.530. The number of anilines is 1. The van der Waals surface area contributed by atoms with Gasteiger partial charge in [0, 0.05) is 11.7 Å². The molecular weight excluding hydrogens is 458 g/mol. The summed E-state index contributed by atoms with van der Waals surface area (Å²) in [4.78, 5) is 41.5. The maximum absolute atomic E-state index is 13.8. The third kappa shape index (κ3) is 5.76. The minimum Gasteiger partial charge on any atom is -0.497 e. The molecule has 1 aromatic heterocycles. The molecule has 0 saturated heterocycles. The lowest BCUT2D eigenvalue weighted by Crippen LogP contribution is -2.49. The second-order valence-corrected chi connectivity index (χ2v) is 8.88. The van der Waals surface area contributed by atoms with Crippen LogP contribution in [0.15, 0.2) is 71.3 Å². The second-order valence-electron chi connectivity index (χ2n) is 8.88. The summed E-state index contributed by atoms with van der Waals surface area (Å²) < 4.78 is 10.5. The number of carbonyl (C=O) groups excluding carboxylic acids is 3. The lowest BCUT2D eigenvalue weighted by Gasteiger charge is -2.33. The van der Waals surface area contributed by atoms with Crippen LogP contribution in [-0.2, 0) is 9.59 Å². The molecule has 1 heterocycles. The van der Waals surface area contributed by atoms with Gasteiger partial charge in [-0.3, -0.25) is 19.3 Å². The summed E-state index contributed by atoms with van der Waals surface area (Å²) in [6.07, 6.45) is 5.34. The molecule has 3 amide bonds. The molecule has 0 bridgehead atoms. The molecule has 8 heteroatoms. The van der Waals surface area contributed by atoms with E-state index >= 15 is 0 Å². The first-order valence-electron chi connectivity index (χ1n) is 12.1. The van der Waals surface area contributed by atoms with Crippen LogP contribution in [0.3, 0.4) is 0 Å². The maximum Gasteiger partial charge on any atom is 0.287 e.